The number of fused-ring (bicyclic) bond motifs is 1. The first-order chi connectivity index (χ1) is 12.5. The molecule has 3 aromatic rings. The van der Waals surface area contributed by atoms with Crippen LogP contribution in [0.25, 0.3) is 22.4 Å². The highest BCUT2D eigenvalue weighted by Crippen LogP contribution is 2.30. The molecule has 0 N–H and O–H groups in total. The van der Waals surface area contributed by atoms with E-state index in [0.29, 0.717) is 11.9 Å². The molecule has 136 valence electrons. The van der Waals surface area contributed by atoms with Crippen molar-refractivity contribution in [2.45, 2.75) is 25.8 Å². The van der Waals surface area contributed by atoms with Crippen LogP contribution in [-0.2, 0) is 7.05 Å². The number of aromatic nitrogens is 5. The second-order valence-electron chi connectivity index (χ2n) is 7.18. The number of nitrogens with zero attached hydrogens (tertiary/aromatic N) is 7. The summed E-state index contributed by atoms with van der Waals surface area (Å²) in [7, 11) is 6.26. The van der Waals surface area contributed by atoms with Gasteiger partial charge < -0.3 is 9.80 Å². The number of anilines is 1. The van der Waals surface area contributed by atoms with Crippen molar-refractivity contribution in [1.29, 1.82) is 0 Å². The van der Waals surface area contributed by atoms with Gasteiger partial charge in [-0.25, -0.2) is 9.97 Å². The third kappa shape index (κ3) is 2.92. The number of pyridine rings is 1. The standard InChI is InChI=1S/C19H25N7/c1-13-16-18(25(3)12-15-8-6-10-24(15)2)21-17(14-7-5-9-20-11-14)22-19(16)26(4)23-13/h5,7,9,11,15H,6,8,10,12H2,1-4H3/t15-/m1/s1. The van der Waals surface area contributed by atoms with Crippen LogP contribution in [0.3, 0.4) is 0 Å². The van der Waals surface area contributed by atoms with Gasteiger partial charge in [0.15, 0.2) is 11.5 Å². The number of aryl methyl sites for hydroxylation is 2. The Morgan fingerprint density at radius 3 is 2.81 bits per heavy atom. The highest BCUT2D eigenvalue weighted by molar-refractivity contribution is 5.91. The molecule has 1 saturated heterocycles. The van der Waals surface area contributed by atoms with E-state index < -0.39 is 0 Å². The lowest BCUT2D eigenvalue weighted by atomic mass is 10.2. The molecule has 0 bridgehead atoms. The largest absolute Gasteiger partial charge is 0.357 e. The fourth-order valence-corrected chi connectivity index (χ4v) is 3.83. The minimum absolute atomic E-state index is 0.559. The monoisotopic (exact) mass is 351 g/mol. The Morgan fingerprint density at radius 1 is 1.27 bits per heavy atom. The average Bonchev–Trinajstić information content (AvgIpc) is 3.18. The van der Waals surface area contributed by atoms with Crippen LogP contribution < -0.4 is 4.90 Å². The number of hydrogen-bond donors (Lipinski definition) is 0. The van der Waals surface area contributed by atoms with E-state index in [-0.39, 0.29) is 0 Å². The van der Waals surface area contributed by atoms with Crippen LogP contribution in [0.15, 0.2) is 24.5 Å². The zero-order valence-electron chi connectivity index (χ0n) is 15.8. The van der Waals surface area contributed by atoms with Crippen LogP contribution >= 0.6 is 0 Å². The molecule has 7 heteroatoms. The van der Waals surface area contributed by atoms with Gasteiger partial charge >= 0.3 is 0 Å². The molecule has 0 unspecified atom stereocenters. The molecule has 0 spiro atoms. The number of likely N-dealkylation sites (tertiary alicyclic amines) is 1. The van der Waals surface area contributed by atoms with Gasteiger partial charge in [-0.1, -0.05) is 0 Å². The van der Waals surface area contributed by atoms with Crippen LogP contribution in [-0.4, -0.2) is 62.9 Å². The molecule has 4 rings (SSSR count). The van der Waals surface area contributed by atoms with Gasteiger partial charge in [-0.15, -0.1) is 0 Å². The Morgan fingerprint density at radius 2 is 2.12 bits per heavy atom. The summed E-state index contributed by atoms with van der Waals surface area (Å²) in [5.74, 6) is 1.63. The van der Waals surface area contributed by atoms with Gasteiger partial charge in [-0.05, 0) is 45.5 Å². The Labute approximate surface area is 153 Å². The summed E-state index contributed by atoms with van der Waals surface area (Å²) >= 11 is 0. The molecule has 1 aliphatic heterocycles. The lowest BCUT2D eigenvalue weighted by molar-refractivity contribution is 0.314. The van der Waals surface area contributed by atoms with Gasteiger partial charge in [0.1, 0.15) is 5.82 Å². The molecule has 0 aromatic carbocycles. The Bertz CT molecular complexity index is 919. The SMILES string of the molecule is Cc1nn(C)c2nc(-c3cccnc3)nc(N(C)C[C@H]3CCCN3C)c12. The topological polar surface area (TPSA) is 63.0 Å². The van der Waals surface area contributed by atoms with Crippen molar-refractivity contribution in [2.75, 3.05) is 32.1 Å². The predicted octanol–water partition coefficient (Wildman–Crippen LogP) is 2.26. The van der Waals surface area contributed by atoms with Gasteiger partial charge in [0, 0.05) is 44.6 Å². The molecule has 1 atom stereocenters. The minimum Gasteiger partial charge on any atom is -0.357 e. The van der Waals surface area contributed by atoms with Gasteiger partial charge in [0.25, 0.3) is 0 Å². The summed E-state index contributed by atoms with van der Waals surface area (Å²) in [6.07, 6.45) is 6.07. The summed E-state index contributed by atoms with van der Waals surface area (Å²) in [6, 6.07) is 4.46. The summed E-state index contributed by atoms with van der Waals surface area (Å²) in [5.41, 5.74) is 2.74. The van der Waals surface area contributed by atoms with Crippen LogP contribution in [0.1, 0.15) is 18.5 Å². The Kier molecular flexibility index (Phi) is 4.32. The van der Waals surface area contributed by atoms with Crippen molar-refractivity contribution < 1.29 is 0 Å². The molecule has 7 nitrogen and oxygen atoms in total. The number of hydrogen-bond acceptors (Lipinski definition) is 6. The van der Waals surface area contributed by atoms with E-state index in [0.717, 1.165) is 34.7 Å². The maximum atomic E-state index is 4.92. The van der Waals surface area contributed by atoms with Crippen LogP contribution in [0.4, 0.5) is 5.82 Å². The maximum absolute atomic E-state index is 4.92. The smallest absolute Gasteiger partial charge is 0.165 e. The molecule has 3 aromatic heterocycles. The molecule has 0 radical (unpaired) electrons. The zero-order chi connectivity index (χ0) is 18.3. The van der Waals surface area contributed by atoms with Crippen molar-refractivity contribution in [1.82, 2.24) is 29.6 Å². The molecular formula is C19H25N7. The van der Waals surface area contributed by atoms with Crippen LogP contribution in [0.2, 0.25) is 0 Å². The zero-order valence-corrected chi connectivity index (χ0v) is 15.8. The quantitative estimate of drug-likeness (QED) is 0.718. The van der Waals surface area contributed by atoms with E-state index in [2.05, 4.69) is 34.0 Å². The summed E-state index contributed by atoms with van der Waals surface area (Å²) in [4.78, 5) is 18.6. The van der Waals surface area contributed by atoms with E-state index in [1.807, 2.05) is 30.8 Å². The first-order valence-electron chi connectivity index (χ1n) is 9.07. The first-order valence-corrected chi connectivity index (χ1v) is 9.07. The second-order valence-corrected chi connectivity index (χ2v) is 7.18. The van der Waals surface area contributed by atoms with E-state index in [1.54, 1.807) is 12.4 Å². The fraction of sp³-hybridized carbons (Fsp3) is 0.474. The predicted molar refractivity (Wildman–Crippen MR) is 103 cm³/mol. The summed E-state index contributed by atoms with van der Waals surface area (Å²) in [5, 5.41) is 5.61. The molecule has 26 heavy (non-hydrogen) atoms. The Hall–Kier alpha value is -2.54. The van der Waals surface area contributed by atoms with Gasteiger partial charge in [0.2, 0.25) is 0 Å². The Balaban J connectivity index is 1.81. The summed E-state index contributed by atoms with van der Waals surface area (Å²) < 4.78 is 1.84. The fourth-order valence-electron chi connectivity index (χ4n) is 3.83. The lowest BCUT2D eigenvalue weighted by Gasteiger charge is -2.27. The van der Waals surface area contributed by atoms with Crippen molar-refractivity contribution in [3.8, 4) is 11.4 Å². The molecule has 0 saturated carbocycles. The highest BCUT2D eigenvalue weighted by Gasteiger charge is 2.25. The highest BCUT2D eigenvalue weighted by atomic mass is 15.3. The second kappa shape index (κ2) is 6.64. The molecule has 4 heterocycles. The van der Waals surface area contributed by atoms with E-state index in [4.69, 9.17) is 9.97 Å². The van der Waals surface area contributed by atoms with E-state index in [9.17, 15) is 0 Å². The molecule has 1 fully saturated rings. The lowest BCUT2D eigenvalue weighted by Crippen LogP contribution is -2.37. The van der Waals surface area contributed by atoms with E-state index >= 15 is 0 Å². The van der Waals surface area contributed by atoms with Crippen molar-refractivity contribution in [2.24, 2.45) is 7.05 Å². The van der Waals surface area contributed by atoms with Crippen LogP contribution in [0.5, 0.6) is 0 Å². The van der Waals surface area contributed by atoms with Crippen LogP contribution in [0, 0.1) is 6.92 Å². The normalized spacial score (nSPS) is 17.9. The number of likely N-dealkylation sites (N-methyl/N-ethyl adjacent to an activating group) is 2. The third-order valence-electron chi connectivity index (χ3n) is 5.28. The van der Waals surface area contributed by atoms with Gasteiger partial charge in [-0.3, -0.25) is 9.67 Å². The molecule has 0 aliphatic carbocycles. The molecule has 0 amide bonds. The summed E-state index contributed by atoms with van der Waals surface area (Å²) in [6.45, 7) is 4.14. The van der Waals surface area contributed by atoms with Crippen molar-refractivity contribution in [3.05, 3.63) is 30.2 Å². The van der Waals surface area contributed by atoms with Crippen molar-refractivity contribution in [3.63, 3.8) is 0 Å². The van der Waals surface area contributed by atoms with Gasteiger partial charge in [-0.2, -0.15) is 5.10 Å². The molecular weight excluding hydrogens is 326 g/mol. The third-order valence-corrected chi connectivity index (χ3v) is 5.28. The number of rotatable bonds is 4. The van der Waals surface area contributed by atoms with Crippen molar-refractivity contribution >= 4 is 16.9 Å². The average molecular weight is 351 g/mol. The maximum Gasteiger partial charge on any atom is 0.165 e. The molecule has 1 aliphatic rings. The van der Waals surface area contributed by atoms with E-state index in [1.165, 1.54) is 19.4 Å². The first kappa shape index (κ1) is 16.9. The van der Waals surface area contributed by atoms with Gasteiger partial charge in [0.05, 0.1) is 11.1 Å². The minimum atomic E-state index is 0.559.